The molecule has 2 fully saturated rings. The van der Waals surface area contributed by atoms with Gasteiger partial charge < -0.3 is 4.90 Å². The zero-order valence-electron chi connectivity index (χ0n) is 15.3. The van der Waals surface area contributed by atoms with Crippen molar-refractivity contribution in [1.29, 1.82) is 0 Å². The SMILES string of the molecule is O=C1CN=C(SCC(=O)N2CCC[C@@H]3CCCC[C@@H]32)N1c1ccccc1Cl. The molecular formula is C20H24ClN3O2S. The van der Waals surface area contributed by atoms with Crippen LogP contribution in [0.4, 0.5) is 5.69 Å². The number of anilines is 1. The van der Waals surface area contributed by atoms with Crippen LogP contribution in [0.15, 0.2) is 29.3 Å². The Kier molecular flexibility index (Phi) is 5.74. The normalized spacial score (nSPS) is 25.4. The number of piperidine rings is 1. The predicted molar refractivity (Wildman–Crippen MR) is 110 cm³/mol. The van der Waals surface area contributed by atoms with Crippen molar-refractivity contribution in [3.05, 3.63) is 29.3 Å². The molecule has 1 saturated heterocycles. The summed E-state index contributed by atoms with van der Waals surface area (Å²) in [6, 6.07) is 7.65. The second-order valence-corrected chi connectivity index (χ2v) is 8.76. The monoisotopic (exact) mass is 405 g/mol. The van der Waals surface area contributed by atoms with E-state index in [0.717, 1.165) is 19.4 Å². The average molecular weight is 406 g/mol. The lowest BCUT2D eigenvalue weighted by atomic mass is 9.78. The molecule has 2 amide bonds. The van der Waals surface area contributed by atoms with Crippen LogP contribution in [0.5, 0.6) is 0 Å². The predicted octanol–water partition coefficient (Wildman–Crippen LogP) is 3.96. The standard InChI is InChI=1S/C20H24ClN3O2S/c21-15-8-2-4-10-17(15)24-18(25)12-22-20(24)27-13-19(26)23-11-5-7-14-6-1-3-9-16(14)23/h2,4,8,10,14,16H,1,3,5-7,9,11-13H2/t14-,16-/m0/s1. The second kappa shape index (κ2) is 8.23. The van der Waals surface area contributed by atoms with Gasteiger partial charge in [0.1, 0.15) is 6.54 Å². The number of carbonyl (C=O) groups excluding carboxylic acids is 2. The molecule has 27 heavy (non-hydrogen) atoms. The fourth-order valence-corrected chi connectivity index (χ4v) is 5.63. The molecule has 7 heteroatoms. The van der Waals surface area contributed by atoms with E-state index < -0.39 is 0 Å². The number of fused-ring (bicyclic) bond motifs is 1. The van der Waals surface area contributed by atoms with Gasteiger partial charge in [-0.25, -0.2) is 0 Å². The molecule has 4 rings (SSSR count). The number of halogens is 1. The molecule has 1 aromatic carbocycles. The molecule has 1 saturated carbocycles. The minimum absolute atomic E-state index is 0.107. The van der Waals surface area contributed by atoms with Gasteiger partial charge in [-0.1, -0.05) is 48.3 Å². The van der Waals surface area contributed by atoms with Crippen LogP contribution in [-0.2, 0) is 9.59 Å². The van der Waals surface area contributed by atoms with Crippen LogP contribution in [0, 0.1) is 5.92 Å². The molecule has 2 atom stereocenters. The Morgan fingerprint density at radius 1 is 1.19 bits per heavy atom. The molecule has 1 aromatic rings. The molecule has 144 valence electrons. The average Bonchev–Trinajstić information content (AvgIpc) is 3.06. The van der Waals surface area contributed by atoms with Crippen LogP contribution in [0.2, 0.25) is 5.02 Å². The van der Waals surface area contributed by atoms with E-state index in [-0.39, 0.29) is 18.4 Å². The van der Waals surface area contributed by atoms with Crippen molar-refractivity contribution < 1.29 is 9.59 Å². The van der Waals surface area contributed by atoms with E-state index in [4.69, 9.17) is 11.6 Å². The Balaban J connectivity index is 1.42. The van der Waals surface area contributed by atoms with Gasteiger partial charge >= 0.3 is 0 Å². The van der Waals surface area contributed by atoms with Crippen molar-refractivity contribution in [2.24, 2.45) is 10.9 Å². The Morgan fingerprint density at radius 2 is 1.96 bits per heavy atom. The van der Waals surface area contributed by atoms with Gasteiger partial charge in [0.05, 0.1) is 16.5 Å². The number of hydrogen-bond donors (Lipinski definition) is 0. The maximum absolute atomic E-state index is 12.9. The van der Waals surface area contributed by atoms with Crippen molar-refractivity contribution in [3.8, 4) is 0 Å². The third kappa shape index (κ3) is 3.87. The van der Waals surface area contributed by atoms with Gasteiger partial charge in [0.15, 0.2) is 5.17 Å². The lowest BCUT2D eigenvalue weighted by Gasteiger charge is -2.44. The number of nitrogens with zero attached hydrogens (tertiary/aromatic N) is 3. The summed E-state index contributed by atoms with van der Waals surface area (Å²) in [7, 11) is 0. The van der Waals surface area contributed by atoms with Crippen LogP contribution < -0.4 is 4.90 Å². The summed E-state index contributed by atoms with van der Waals surface area (Å²) in [5, 5.41) is 1.08. The zero-order valence-corrected chi connectivity index (χ0v) is 16.8. The highest BCUT2D eigenvalue weighted by Gasteiger charge is 2.36. The number of rotatable bonds is 3. The van der Waals surface area contributed by atoms with Gasteiger partial charge in [0, 0.05) is 12.6 Å². The number of hydrogen-bond acceptors (Lipinski definition) is 4. The molecule has 0 unspecified atom stereocenters. The molecule has 0 spiro atoms. The minimum atomic E-state index is -0.108. The van der Waals surface area contributed by atoms with Crippen molar-refractivity contribution in [2.45, 2.75) is 44.6 Å². The molecule has 2 heterocycles. The van der Waals surface area contributed by atoms with Crippen molar-refractivity contribution in [3.63, 3.8) is 0 Å². The first-order valence-corrected chi connectivity index (χ1v) is 11.1. The fraction of sp³-hybridized carbons (Fsp3) is 0.550. The number of aliphatic imine (C=N–C) groups is 1. The smallest absolute Gasteiger partial charge is 0.254 e. The quantitative estimate of drug-likeness (QED) is 0.764. The summed E-state index contributed by atoms with van der Waals surface area (Å²) in [5.74, 6) is 1.05. The summed E-state index contributed by atoms with van der Waals surface area (Å²) in [6.45, 7) is 0.969. The first-order valence-electron chi connectivity index (χ1n) is 9.69. The van der Waals surface area contributed by atoms with Crippen LogP contribution in [-0.4, -0.2) is 46.8 Å². The summed E-state index contributed by atoms with van der Waals surface area (Å²) >= 11 is 7.61. The van der Waals surface area contributed by atoms with E-state index in [0.29, 0.717) is 33.6 Å². The Morgan fingerprint density at radius 3 is 2.81 bits per heavy atom. The van der Waals surface area contributed by atoms with E-state index in [1.807, 2.05) is 12.1 Å². The number of para-hydroxylation sites is 1. The second-order valence-electron chi connectivity index (χ2n) is 7.41. The third-order valence-electron chi connectivity index (χ3n) is 5.77. The van der Waals surface area contributed by atoms with Gasteiger partial charge in [-0.15, -0.1) is 0 Å². The number of amidine groups is 1. The maximum Gasteiger partial charge on any atom is 0.254 e. The number of amides is 2. The number of thioether (sulfide) groups is 1. The van der Waals surface area contributed by atoms with E-state index in [9.17, 15) is 9.59 Å². The highest BCUT2D eigenvalue weighted by atomic mass is 35.5. The van der Waals surface area contributed by atoms with Crippen LogP contribution >= 0.6 is 23.4 Å². The van der Waals surface area contributed by atoms with Gasteiger partial charge in [0.25, 0.3) is 5.91 Å². The van der Waals surface area contributed by atoms with Gasteiger partial charge in [-0.05, 0) is 43.7 Å². The van der Waals surface area contributed by atoms with Crippen LogP contribution in [0.1, 0.15) is 38.5 Å². The van der Waals surface area contributed by atoms with Gasteiger partial charge in [-0.3, -0.25) is 19.5 Å². The molecular weight excluding hydrogens is 382 g/mol. The molecule has 3 aliphatic rings. The van der Waals surface area contributed by atoms with Crippen molar-refractivity contribution >= 4 is 46.0 Å². The fourth-order valence-electron chi connectivity index (χ4n) is 4.51. The lowest BCUT2D eigenvalue weighted by molar-refractivity contribution is -0.134. The van der Waals surface area contributed by atoms with Gasteiger partial charge in [-0.2, -0.15) is 0 Å². The van der Waals surface area contributed by atoms with Crippen LogP contribution in [0.3, 0.4) is 0 Å². The number of carbonyl (C=O) groups is 2. The molecule has 0 bridgehead atoms. The summed E-state index contributed by atoms with van der Waals surface area (Å²) in [5.41, 5.74) is 0.630. The minimum Gasteiger partial charge on any atom is -0.339 e. The third-order valence-corrected chi connectivity index (χ3v) is 7.05. The highest BCUT2D eigenvalue weighted by molar-refractivity contribution is 8.14. The lowest BCUT2D eigenvalue weighted by Crippen LogP contribution is -2.50. The zero-order chi connectivity index (χ0) is 18.8. The summed E-state index contributed by atoms with van der Waals surface area (Å²) < 4.78 is 0. The molecule has 0 N–H and O–H groups in total. The molecule has 5 nitrogen and oxygen atoms in total. The molecule has 2 aliphatic heterocycles. The largest absolute Gasteiger partial charge is 0.339 e. The van der Waals surface area contributed by atoms with E-state index in [1.165, 1.54) is 37.4 Å². The summed E-state index contributed by atoms with van der Waals surface area (Å²) in [4.78, 5) is 33.2. The first kappa shape index (κ1) is 18.8. The maximum atomic E-state index is 12.9. The molecule has 1 aliphatic carbocycles. The van der Waals surface area contributed by atoms with Crippen molar-refractivity contribution in [1.82, 2.24) is 4.90 Å². The van der Waals surface area contributed by atoms with Crippen molar-refractivity contribution in [2.75, 3.05) is 23.7 Å². The highest BCUT2D eigenvalue weighted by Crippen LogP contribution is 2.36. The molecule has 0 aromatic heterocycles. The Labute approximate surface area is 169 Å². The first-order chi connectivity index (χ1) is 13.1. The van der Waals surface area contributed by atoms with E-state index in [1.54, 1.807) is 17.0 Å². The van der Waals surface area contributed by atoms with E-state index in [2.05, 4.69) is 9.89 Å². The number of benzene rings is 1. The Bertz CT molecular complexity index is 767. The van der Waals surface area contributed by atoms with Gasteiger partial charge in [0.2, 0.25) is 5.91 Å². The molecule has 0 radical (unpaired) electrons. The van der Waals surface area contributed by atoms with E-state index >= 15 is 0 Å². The number of likely N-dealkylation sites (tertiary alicyclic amines) is 1. The topological polar surface area (TPSA) is 53.0 Å². The Hall–Kier alpha value is -1.53. The summed E-state index contributed by atoms with van der Waals surface area (Å²) in [6.07, 6.45) is 7.25. The van der Waals surface area contributed by atoms with Crippen LogP contribution in [0.25, 0.3) is 0 Å².